The van der Waals surface area contributed by atoms with Crippen LogP contribution in [-0.4, -0.2) is 17.4 Å². The molecule has 1 aromatic heterocycles. The lowest BCUT2D eigenvalue weighted by molar-refractivity contribution is 0.0985. The van der Waals surface area contributed by atoms with Gasteiger partial charge < -0.3 is 10.2 Å². The van der Waals surface area contributed by atoms with Crippen molar-refractivity contribution in [3.05, 3.63) is 95.1 Å². The molecule has 2 heterocycles. The quantitative estimate of drug-likeness (QED) is 0.415. The number of anilines is 3. The third kappa shape index (κ3) is 4.07. The van der Waals surface area contributed by atoms with Crippen LogP contribution in [0.15, 0.2) is 78.2 Å². The molecule has 0 unspecified atom stereocenters. The van der Waals surface area contributed by atoms with Crippen molar-refractivity contribution < 1.29 is 9.18 Å². The van der Waals surface area contributed by atoms with E-state index < -0.39 is 0 Å². The minimum atomic E-state index is -0.265. The molecule has 0 saturated carbocycles. The number of hydrogen-bond acceptors (Lipinski definition) is 4. The largest absolute Gasteiger partial charge is 0.332 e. The van der Waals surface area contributed by atoms with Crippen LogP contribution in [0.4, 0.5) is 20.9 Å². The van der Waals surface area contributed by atoms with Crippen LogP contribution in [0.5, 0.6) is 0 Å². The first kappa shape index (κ1) is 19.5. The van der Waals surface area contributed by atoms with Crippen molar-refractivity contribution in [2.45, 2.75) is 12.8 Å². The van der Waals surface area contributed by atoms with E-state index >= 15 is 0 Å². The van der Waals surface area contributed by atoms with Crippen molar-refractivity contribution in [3.63, 3.8) is 0 Å². The Bertz CT molecular complexity index is 1220. The predicted octanol–water partition coefficient (Wildman–Crippen LogP) is 6.29. The number of nitrogens with zero attached hydrogens (tertiary/aromatic N) is 2. The molecule has 1 N–H and O–H groups in total. The Labute approximate surface area is 184 Å². The first-order chi connectivity index (χ1) is 15.2. The maximum atomic E-state index is 13.1. The minimum Gasteiger partial charge on any atom is -0.332 e. The van der Waals surface area contributed by atoms with E-state index in [1.165, 1.54) is 23.5 Å². The summed E-state index contributed by atoms with van der Waals surface area (Å²) in [5, 5.41) is 5.97. The van der Waals surface area contributed by atoms with Crippen molar-refractivity contribution in [3.8, 4) is 11.3 Å². The molecule has 154 valence electrons. The first-order valence-electron chi connectivity index (χ1n) is 10.2. The number of hydrogen-bond donors (Lipinski definition) is 1. The smallest absolute Gasteiger partial charge is 0.258 e. The maximum absolute atomic E-state index is 13.1. The van der Waals surface area contributed by atoms with Crippen LogP contribution < -0.4 is 10.2 Å². The average Bonchev–Trinajstić information content (AvgIpc) is 3.28. The number of benzene rings is 3. The van der Waals surface area contributed by atoms with Gasteiger partial charge in [-0.1, -0.05) is 24.3 Å². The van der Waals surface area contributed by atoms with Crippen molar-refractivity contribution in [2.24, 2.45) is 0 Å². The Balaban J connectivity index is 1.38. The molecule has 4 nitrogen and oxygen atoms in total. The molecular weight excluding hydrogens is 409 g/mol. The van der Waals surface area contributed by atoms with Gasteiger partial charge in [0.05, 0.1) is 5.69 Å². The zero-order valence-corrected chi connectivity index (χ0v) is 17.5. The second-order valence-electron chi connectivity index (χ2n) is 7.44. The zero-order valence-electron chi connectivity index (χ0n) is 16.7. The van der Waals surface area contributed by atoms with Crippen LogP contribution in [0.1, 0.15) is 22.3 Å². The summed E-state index contributed by atoms with van der Waals surface area (Å²) in [6.07, 6.45) is 1.87. The van der Waals surface area contributed by atoms with E-state index in [2.05, 4.69) is 16.4 Å². The molecule has 0 spiro atoms. The Morgan fingerprint density at radius 2 is 1.84 bits per heavy atom. The summed E-state index contributed by atoms with van der Waals surface area (Å²) in [6.45, 7) is 0.725. The number of nitrogens with one attached hydrogen (secondary N) is 1. The fourth-order valence-corrected chi connectivity index (χ4v) is 4.56. The standard InChI is InChI=1S/C25H20FN3OS/c26-20-9-11-21(12-10-20)27-25-28-22(16-31-25)18-8-13-23-19(15-18)7-4-14-29(23)24(30)17-5-2-1-3-6-17/h1-3,5-6,8-13,15-16H,4,7,14H2,(H,27,28). The van der Waals surface area contributed by atoms with Crippen molar-refractivity contribution in [1.29, 1.82) is 0 Å². The SMILES string of the molecule is O=C(c1ccccc1)N1CCCc2cc(-c3csc(Nc4ccc(F)cc4)n3)ccc21. The number of aryl methyl sites for hydroxylation is 1. The molecule has 0 bridgehead atoms. The highest BCUT2D eigenvalue weighted by molar-refractivity contribution is 7.14. The third-order valence-corrected chi connectivity index (χ3v) is 6.12. The highest BCUT2D eigenvalue weighted by atomic mass is 32.1. The molecule has 0 fully saturated rings. The second-order valence-corrected chi connectivity index (χ2v) is 8.30. The van der Waals surface area contributed by atoms with Crippen LogP contribution in [0.3, 0.4) is 0 Å². The summed E-state index contributed by atoms with van der Waals surface area (Å²) in [7, 11) is 0. The van der Waals surface area contributed by atoms with E-state index in [4.69, 9.17) is 0 Å². The summed E-state index contributed by atoms with van der Waals surface area (Å²) < 4.78 is 13.1. The van der Waals surface area contributed by atoms with E-state index in [9.17, 15) is 9.18 Å². The van der Waals surface area contributed by atoms with Crippen molar-refractivity contribution in [1.82, 2.24) is 4.98 Å². The Kier molecular flexibility index (Phi) is 5.22. The number of aromatic nitrogens is 1. The fraction of sp³-hybridized carbons (Fsp3) is 0.120. The topological polar surface area (TPSA) is 45.2 Å². The van der Waals surface area contributed by atoms with Crippen LogP contribution in [0.2, 0.25) is 0 Å². The molecular formula is C25H20FN3OS. The molecule has 1 amide bonds. The Morgan fingerprint density at radius 1 is 1.03 bits per heavy atom. The number of rotatable bonds is 4. The number of thiazole rings is 1. The minimum absolute atomic E-state index is 0.0359. The highest BCUT2D eigenvalue weighted by Crippen LogP contribution is 2.34. The number of amides is 1. The fourth-order valence-electron chi connectivity index (χ4n) is 3.82. The number of carbonyl (C=O) groups excluding carboxylic acids is 1. The molecule has 0 saturated heterocycles. The lowest BCUT2D eigenvalue weighted by atomic mass is 9.97. The molecule has 0 radical (unpaired) electrons. The monoisotopic (exact) mass is 429 g/mol. The molecule has 6 heteroatoms. The van der Waals surface area contributed by atoms with Gasteiger partial charge in [0.15, 0.2) is 5.13 Å². The van der Waals surface area contributed by atoms with Crippen molar-refractivity contribution in [2.75, 3.05) is 16.8 Å². The van der Waals surface area contributed by atoms with Gasteiger partial charge in [0, 0.05) is 34.4 Å². The van der Waals surface area contributed by atoms with E-state index in [0.29, 0.717) is 5.56 Å². The van der Waals surface area contributed by atoms with Crippen LogP contribution in [0, 0.1) is 5.82 Å². The highest BCUT2D eigenvalue weighted by Gasteiger charge is 2.24. The van der Waals surface area contributed by atoms with Gasteiger partial charge in [-0.15, -0.1) is 11.3 Å². The lowest BCUT2D eigenvalue weighted by Crippen LogP contribution is -2.35. The molecule has 0 atom stereocenters. The van der Waals surface area contributed by atoms with Gasteiger partial charge in [-0.3, -0.25) is 4.79 Å². The van der Waals surface area contributed by atoms with Gasteiger partial charge in [-0.2, -0.15) is 0 Å². The lowest BCUT2D eigenvalue weighted by Gasteiger charge is -2.30. The Morgan fingerprint density at radius 3 is 2.65 bits per heavy atom. The van der Waals surface area contributed by atoms with E-state index in [-0.39, 0.29) is 11.7 Å². The molecule has 5 rings (SSSR count). The van der Waals surface area contributed by atoms with Crippen molar-refractivity contribution >= 4 is 33.8 Å². The van der Waals surface area contributed by atoms with E-state index in [1.54, 1.807) is 12.1 Å². The van der Waals surface area contributed by atoms with Gasteiger partial charge in [-0.05, 0) is 66.9 Å². The van der Waals surface area contributed by atoms with Crippen LogP contribution >= 0.6 is 11.3 Å². The Hall–Kier alpha value is -3.51. The molecule has 1 aliphatic rings. The van der Waals surface area contributed by atoms with Gasteiger partial charge >= 0.3 is 0 Å². The summed E-state index contributed by atoms with van der Waals surface area (Å²) in [5.41, 5.74) is 5.54. The first-order valence-corrected chi connectivity index (χ1v) is 11.0. The average molecular weight is 430 g/mol. The van der Waals surface area contributed by atoms with E-state index in [1.807, 2.05) is 52.7 Å². The molecule has 31 heavy (non-hydrogen) atoms. The molecule has 1 aliphatic heterocycles. The zero-order chi connectivity index (χ0) is 21.2. The van der Waals surface area contributed by atoms with Gasteiger partial charge in [0.2, 0.25) is 0 Å². The van der Waals surface area contributed by atoms with Gasteiger partial charge in [0.1, 0.15) is 5.82 Å². The van der Waals surface area contributed by atoms with Crippen LogP contribution in [0.25, 0.3) is 11.3 Å². The third-order valence-electron chi connectivity index (χ3n) is 5.36. The van der Waals surface area contributed by atoms with Crippen LogP contribution in [-0.2, 0) is 6.42 Å². The summed E-state index contributed by atoms with van der Waals surface area (Å²) in [4.78, 5) is 19.6. The van der Waals surface area contributed by atoms with E-state index in [0.717, 1.165) is 52.7 Å². The summed E-state index contributed by atoms with van der Waals surface area (Å²) in [5.74, 6) is -0.229. The summed E-state index contributed by atoms with van der Waals surface area (Å²) in [6, 6.07) is 21.8. The van der Waals surface area contributed by atoms with Gasteiger partial charge in [0.25, 0.3) is 5.91 Å². The molecule has 4 aromatic rings. The normalized spacial score (nSPS) is 13.0. The summed E-state index contributed by atoms with van der Waals surface area (Å²) >= 11 is 1.50. The second kappa shape index (κ2) is 8.32. The number of fused-ring (bicyclic) bond motifs is 1. The molecule has 3 aromatic carbocycles. The maximum Gasteiger partial charge on any atom is 0.258 e. The predicted molar refractivity (Wildman–Crippen MR) is 124 cm³/mol. The number of carbonyl (C=O) groups is 1. The number of halogens is 1. The van der Waals surface area contributed by atoms with Gasteiger partial charge in [-0.25, -0.2) is 9.37 Å². The molecule has 0 aliphatic carbocycles.